The van der Waals surface area contributed by atoms with Crippen LogP contribution < -0.4 is 0 Å². The van der Waals surface area contributed by atoms with Crippen molar-refractivity contribution in [3.05, 3.63) is 167 Å². The minimum absolute atomic E-state index is 0. The molecular formula is C61H66N3OPt-. The van der Waals surface area contributed by atoms with Crippen molar-refractivity contribution in [1.29, 1.82) is 0 Å². The molecule has 4 nitrogen and oxygen atoms in total. The van der Waals surface area contributed by atoms with E-state index in [0.29, 0.717) is 56.1 Å². The number of phenolic OH excluding ortho intramolecular Hbond substituents is 1. The van der Waals surface area contributed by atoms with Crippen LogP contribution in [-0.2, 0) is 37.3 Å². The zero-order valence-corrected chi connectivity index (χ0v) is 42.8. The Morgan fingerprint density at radius 3 is 1.89 bits per heavy atom. The van der Waals surface area contributed by atoms with Gasteiger partial charge in [-0.25, -0.2) is 4.98 Å². The summed E-state index contributed by atoms with van der Waals surface area (Å²) in [6.07, 6.45) is 1.57. The van der Waals surface area contributed by atoms with Crippen LogP contribution in [0.3, 0.4) is 0 Å². The predicted molar refractivity (Wildman–Crippen MR) is 276 cm³/mol. The standard InChI is InChI=1S/C61H66N3O.Pt/c1-37(2)43-33-51(38(3)4)57(65)52(34-43)58-63-56-50(45-28-46(32-47(31-45)59(6,7)8)53-35-42(25-26-62-53)40-19-16-15-17-20-40)21-18-22-55(56)64(58)54-24-23-41(27-39(54)5)44-29-48(60(9,10)11)36-49(30-44)61(12,13)14;/h15-27,29-38,65H,1-14H3;/q-1;/i5D3,15D,16D,17D,19D,20D;. The Labute approximate surface area is 420 Å². The normalized spacial score (nSPS) is 14.2. The second kappa shape index (κ2) is 18.3. The number of phenols is 1. The van der Waals surface area contributed by atoms with Crippen LogP contribution in [0.5, 0.6) is 5.75 Å². The number of imidazole rings is 1. The van der Waals surface area contributed by atoms with Crippen molar-refractivity contribution in [2.24, 2.45) is 0 Å². The van der Waals surface area contributed by atoms with Gasteiger partial charge in [0.2, 0.25) is 0 Å². The fourth-order valence-electron chi connectivity index (χ4n) is 8.35. The summed E-state index contributed by atoms with van der Waals surface area (Å²) in [4.78, 5) is 10.2. The fraction of sp³-hybridized carbons (Fsp3) is 0.311. The number of pyridine rings is 1. The number of hydrogen-bond acceptors (Lipinski definition) is 3. The monoisotopic (exact) mass is 1060 g/mol. The summed E-state index contributed by atoms with van der Waals surface area (Å²) in [7, 11) is 0. The number of benzene rings is 6. The number of rotatable bonds is 8. The van der Waals surface area contributed by atoms with Crippen molar-refractivity contribution < 1.29 is 37.1 Å². The fourth-order valence-corrected chi connectivity index (χ4v) is 8.35. The van der Waals surface area contributed by atoms with Crippen LogP contribution >= 0.6 is 0 Å². The first-order valence-electron chi connectivity index (χ1n) is 26.7. The third kappa shape index (κ3) is 9.63. The molecule has 0 saturated heterocycles. The van der Waals surface area contributed by atoms with Gasteiger partial charge in [0.25, 0.3) is 0 Å². The molecule has 8 aromatic rings. The third-order valence-corrected chi connectivity index (χ3v) is 12.5. The van der Waals surface area contributed by atoms with Crippen molar-refractivity contribution in [3.63, 3.8) is 0 Å². The van der Waals surface area contributed by atoms with Crippen molar-refractivity contribution in [2.45, 2.75) is 125 Å². The molecule has 66 heavy (non-hydrogen) atoms. The minimum Gasteiger partial charge on any atom is -0.507 e. The van der Waals surface area contributed by atoms with E-state index in [0.717, 1.165) is 38.9 Å². The topological polar surface area (TPSA) is 50.9 Å². The Morgan fingerprint density at radius 2 is 1.27 bits per heavy atom. The molecular weight excluding hydrogens is 986 g/mol. The average Bonchev–Trinajstić information content (AvgIpc) is 3.70. The van der Waals surface area contributed by atoms with Gasteiger partial charge in [0.15, 0.2) is 0 Å². The second-order valence-corrected chi connectivity index (χ2v) is 21.2. The van der Waals surface area contributed by atoms with E-state index < -0.39 is 25.0 Å². The van der Waals surface area contributed by atoms with Gasteiger partial charge < -0.3 is 5.11 Å². The van der Waals surface area contributed by atoms with Gasteiger partial charge >= 0.3 is 0 Å². The van der Waals surface area contributed by atoms with Gasteiger partial charge in [0.1, 0.15) is 11.6 Å². The largest absolute Gasteiger partial charge is 0.507 e. The molecule has 0 aliphatic heterocycles. The summed E-state index contributed by atoms with van der Waals surface area (Å²) in [5, 5.41) is 12.3. The molecule has 342 valence electrons. The molecule has 0 fully saturated rings. The van der Waals surface area contributed by atoms with Gasteiger partial charge in [-0.2, -0.15) is 0 Å². The summed E-state index contributed by atoms with van der Waals surface area (Å²) >= 11 is 0. The van der Waals surface area contributed by atoms with E-state index in [9.17, 15) is 5.11 Å². The van der Waals surface area contributed by atoms with Gasteiger partial charge in [-0.05, 0) is 115 Å². The van der Waals surface area contributed by atoms with Gasteiger partial charge in [-0.1, -0.05) is 180 Å². The Hall–Kier alpha value is -5.57. The number of aryl methyl sites for hydroxylation is 1. The number of aromatic nitrogens is 3. The summed E-state index contributed by atoms with van der Waals surface area (Å²) in [5.74, 6) is 0.523. The Kier molecular flexibility index (Phi) is 10.7. The number of para-hydroxylation sites is 1. The maximum absolute atomic E-state index is 12.3. The van der Waals surface area contributed by atoms with Crippen LogP contribution in [0.25, 0.3) is 72.7 Å². The zero-order valence-electron chi connectivity index (χ0n) is 48.5. The molecule has 0 atom stereocenters. The number of nitrogens with zero attached hydrogens (tertiary/aromatic N) is 3. The van der Waals surface area contributed by atoms with E-state index in [1.54, 1.807) is 24.4 Å². The molecule has 0 amide bonds. The zero-order chi connectivity index (χ0) is 53.6. The first-order valence-corrected chi connectivity index (χ1v) is 22.7. The van der Waals surface area contributed by atoms with E-state index in [1.807, 2.05) is 66.9 Å². The van der Waals surface area contributed by atoms with Gasteiger partial charge in [-0.15, -0.1) is 29.3 Å². The molecule has 2 heterocycles. The van der Waals surface area contributed by atoms with E-state index in [-0.39, 0.29) is 78.1 Å². The van der Waals surface area contributed by atoms with Crippen molar-refractivity contribution >= 4 is 11.0 Å². The summed E-state index contributed by atoms with van der Waals surface area (Å²) in [6, 6.07) is 31.2. The van der Waals surface area contributed by atoms with Gasteiger partial charge in [0, 0.05) is 37.1 Å². The summed E-state index contributed by atoms with van der Waals surface area (Å²) in [5.41, 5.74) is 11.2. The maximum atomic E-state index is 12.3. The smallest absolute Gasteiger partial charge is 0.148 e. The molecule has 0 unspecified atom stereocenters. The molecule has 0 aliphatic rings. The molecule has 0 saturated carbocycles. The minimum atomic E-state index is -2.57. The molecule has 0 spiro atoms. The number of hydrogen-bond donors (Lipinski definition) is 1. The first-order chi connectivity index (χ1) is 33.9. The molecule has 1 N–H and O–H groups in total. The van der Waals surface area contributed by atoms with Gasteiger partial charge in [-0.3, -0.25) is 9.55 Å². The first kappa shape index (κ1) is 38.5. The SMILES string of the molecule is [2H]c1c([2H])c([2H])c(-c2ccnc(-c3[c-]c(-c4cccc5c4nc(-c4cc(C(C)C)cc(C(C)C)c4O)n5-c4ccc(-c5cc(C(C)(C)C)cc(C(C)(C)C)c5)cc4C([2H])([2H])[2H])cc(C(C)(C)C)c3)c2)c([2H])c1[2H].[Pt]. The third-order valence-electron chi connectivity index (χ3n) is 12.5. The summed E-state index contributed by atoms with van der Waals surface area (Å²) in [6.45, 7) is 25.2. The van der Waals surface area contributed by atoms with E-state index >= 15 is 0 Å². The molecule has 0 bridgehead atoms. The number of aromatic hydroxyl groups is 1. The predicted octanol–water partition coefficient (Wildman–Crippen LogP) is 16.7. The Balaban J connectivity index is 0.00000800. The van der Waals surface area contributed by atoms with Crippen LogP contribution in [0, 0.1) is 12.9 Å². The Morgan fingerprint density at radius 1 is 0.636 bits per heavy atom. The molecule has 2 aromatic heterocycles. The van der Waals surface area contributed by atoms with Crippen LogP contribution in [-0.4, -0.2) is 19.6 Å². The Bertz CT molecular complexity index is 3420. The quantitative estimate of drug-likeness (QED) is 0.154. The van der Waals surface area contributed by atoms with Gasteiger partial charge in [0.05, 0.1) is 29.1 Å². The summed E-state index contributed by atoms with van der Waals surface area (Å²) < 4.78 is 71.6. The van der Waals surface area contributed by atoms with Crippen LogP contribution in [0.2, 0.25) is 0 Å². The van der Waals surface area contributed by atoms with Crippen LogP contribution in [0.15, 0.2) is 127 Å². The van der Waals surface area contributed by atoms with Crippen molar-refractivity contribution in [2.75, 3.05) is 0 Å². The maximum Gasteiger partial charge on any atom is 0.148 e. The second-order valence-electron chi connectivity index (χ2n) is 21.2. The molecule has 8 rings (SSSR count). The average molecular weight is 1060 g/mol. The molecule has 0 aliphatic carbocycles. The van der Waals surface area contributed by atoms with Crippen LogP contribution in [0.4, 0.5) is 0 Å². The van der Waals surface area contributed by atoms with Crippen molar-refractivity contribution in [3.8, 4) is 67.5 Å². The molecule has 0 radical (unpaired) electrons. The molecule has 5 heteroatoms. The van der Waals surface area contributed by atoms with Crippen molar-refractivity contribution in [1.82, 2.24) is 14.5 Å². The number of fused-ring (bicyclic) bond motifs is 1. The van der Waals surface area contributed by atoms with E-state index in [1.165, 1.54) is 0 Å². The van der Waals surface area contributed by atoms with E-state index in [2.05, 4.69) is 106 Å². The van der Waals surface area contributed by atoms with E-state index in [4.69, 9.17) is 20.9 Å². The van der Waals surface area contributed by atoms with Crippen LogP contribution in [0.1, 0.15) is 146 Å². The molecule has 6 aromatic carbocycles.